The minimum absolute atomic E-state index is 0.118. The summed E-state index contributed by atoms with van der Waals surface area (Å²) in [6, 6.07) is 10.4. The van der Waals surface area contributed by atoms with Crippen LogP contribution in [0.2, 0.25) is 0 Å². The van der Waals surface area contributed by atoms with Gasteiger partial charge in [-0.05, 0) is 43.8 Å². The molecule has 0 bridgehead atoms. The van der Waals surface area contributed by atoms with Crippen molar-refractivity contribution in [1.29, 1.82) is 0 Å². The molecule has 0 spiro atoms. The lowest BCUT2D eigenvalue weighted by atomic mass is 9.93. The smallest absolute Gasteiger partial charge is 0.317 e. The number of nitrogens with two attached hydrogens (primary N) is 1. The van der Waals surface area contributed by atoms with Gasteiger partial charge in [-0.3, -0.25) is 9.69 Å². The van der Waals surface area contributed by atoms with Crippen LogP contribution in [-0.2, 0) is 11.3 Å². The molecule has 2 heterocycles. The quantitative estimate of drug-likeness (QED) is 0.653. The number of likely N-dealkylation sites (tertiary alicyclic amines) is 2. The van der Waals surface area contributed by atoms with Gasteiger partial charge in [0.1, 0.15) is 0 Å². The zero-order valence-electron chi connectivity index (χ0n) is 16.4. The average molecular weight is 389 g/mol. The molecule has 154 valence electrons. The van der Waals surface area contributed by atoms with Crippen molar-refractivity contribution < 1.29 is 14.7 Å². The molecule has 0 radical (unpaired) electrons. The summed E-state index contributed by atoms with van der Waals surface area (Å²) in [5, 5.41) is 12.9. The van der Waals surface area contributed by atoms with Crippen molar-refractivity contribution in [2.75, 3.05) is 32.7 Å². The molecule has 0 aromatic heterocycles. The van der Waals surface area contributed by atoms with Crippen molar-refractivity contribution in [3.63, 3.8) is 0 Å². The van der Waals surface area contributed by atoms with Crippen molar-refractivity contribution in [1.82, 2.24) is 15.1 Å². The van der Waals surface area contributed by atoms with Gasteiger partial charge in [0.25, 0.3) is 0 Å². The largest absolute Gasteiger partial charge is 0.391 e. The van der Waals surface area contributed by atoms with Crippen LogP contribution in [0.5, 0.6) is 0 Å². The fourth-order valence-electron chi connectivity index (χ4n) is 4.25. The Hall–Kier alpha value is -2.12. The predicted molar refractivity (Wildman–Crippen MR) is 107 cm³/mol. The summed E-state index contributed by atoms with van der Waals surface area (Å²) in [5.74, 6) is -0.0544. The SMILES string of the molecule is NC(=O)C[C@@H]1CN(C(=O)NCCC2CCN(Cc3ccccc3)CC2)C[C@H]1O. The zero-order chi connectivity index (χ0) is 19.9. The number of rotatable bonds is 7. The van der Waals surface area contributed by atoms with E-state index in [1.807, 2.05) is 6.07 Å². The third-order valence-corrected chi connectivity index (χ3v) is 5.94. The molecule has 3 amide bonds. The third kappa shape index (κ3) is 5.94. The number of amides is 3. The molecule has 2 aliphatic heterocycles. The molecule has 1 aromatic carbocycles. The van der Waals surface area contributed by atoms with Crippen molar-refractivity contribution in [3.05, 3.63) is 35.9 Å². The Morgan fingerprint density at radius 1 is 1.14 bits per heavy atom. The highest BCUT2D eigenvalue weighted by atomic mass is 16.3. The first-order valence-corrected chi connectivity index (χ1v) is 10.3. The summed E-state index contributed by atoms with van der Waals surface area (Å²) in [7, 11) is 0. The molecular weight excluding hydrogens is 356 g/mol. The number of carbonyl (C=O) groups is 2. The Labute approximate surface area is 166 Å². The van der Waals surface area contributed by atoms with E-state index in [4.69, 9.17) is 5.73 Å². The van der Waals surface area contributed by atoms with E-state index in [0.29, 0.717) is 19.0 Å². The van der Waals surface area contributed by atoms with Gasteiger partial charge in [0.15, 0.2) is 0 Å². The van der Waals surface area contributed by atoms with Crippen molar-refractivity contribution in [2.24, 2.45) is 17.6 Å². The van der Waals surface area contributed by atoms with Gasteiger partial charge in [-0.2, -0.15) is 0 Å². The summed E-state index contributed by atoms with van der Waals surface area (Å²) in [5.41, 5.74) is 6.56. The molecule has 2 atom stereocenters. The number of hydrogen-bond acceptors (Lipinski definition) is 4. The van der Waals surface area contributed by atoms with Crippen molar-refractivity contribution in [2.45, 2.75) is 38.3 Å². The summed E-state index contributed by atoms with van der Waals surface area (Å²) in [4.78, 5) is 27.4. The standard InChI is InChI=1S/C21H32N4O3/c22-20(27)12-18-14-25(15-19(18)26)21(28)23-9-6-16-7-10-24(11-8-16)13-17-4-2-1-3-5-17/h1-5,16,18-19,26H,6-15H2,(H2,22,27)(H,23,28)/t18-,19-/m1/s1. The van der Waals surface area contributed by atoms with E-state index >= 15 is 0 Å². The predicted octanol–water partition coefficient (Wildman–Crippen LogP) is 1.17. The Balaban J connectivity index is 1.31. The fraction of sp³-hybridized carbons (Fsp3) is 0.619. The van der Waals surface area contributed by atoms with Gasteiger partial charge in [-0.1, -0.05) is 30.3 Å². The first kappa shape index (κ1) is 20.6. The Morgan fingerprint density at radius 3 is 2.54 bits per heavy atom. The van der Waals surface area contributed by atoms with E-state index in [-0.39, 0.29) is 24.9 Å². The summed E-state index contributed by atoms with van der Waals surface area (Å²) in [6.07, 6.45) is 2.74. The van der Waals surface area contributed by atoms with Crippen LogP contribution >= 0.6 is 0 Å². The summed E-state index contributed by atoms with van der Waals surface area (Å²) in [6.45, 7) is 4.50. The Bertz CT molecular complexity index is 646. The maximum absolute atomic E-state index is 12.3. The number of hydrogen-bond donors (Lipinski definition) is 3. The van der Waals surface area contributed by atoms with Crippen molar-refractivity contribution >= 4 is 11.9 Å². The number of nitrogens with one attached hydrogen (secondary N) is 1. The van der Waals surface area contributed by atoms with Crippen LogP contribution in [0, 0.1) is 11.8 Å². The van der Waals surface area contributed by atoms with Gasteiger partial charge >= 0.3 is 6.03 Å². The summed E-state index contributed by atoms with van der Waals surface area (Å²) >= 11 is 0. The summed E-state index contributed by atoms with van der Waals surface area (Å²) < 4.78 is 0. The molecule has 2 aliphatic rings. The Morgan fingerprint density at radius 2 is 1.86 bits per heavy atom. The van der Waals surface area contributed by atoms with Gasteiger partial charge < -0.3 is 21.1 Å². The van der Waals surface area contributed by atoms with Crippen LogP contribution in [0.15, 0.2) is 30.3 Å². The second kappa shape index (κ2) is 9.89. The molecule has 3 rings (SSSR count). The van der Waals surface area contributed by atoms with E-state index in [0.717, 1.165) is 38.9 Å². The number of carbonyl (C=O) groups excluding carboxylic acids is 2. The number of β-amino-alcohol motifs (C(OH)–C–C–N with tert-alkyl or cyclic N) is 1. The van der Waals surface area contributed by atoms with Crippen LogP contribution in [-0.4, -0.2) is 65.7 Å². The Kier molecular flexibility index (Phi) is 7.28. The minimum Gasteiger partial charge on any atom is -0.391 e. The van der Waals surface area contributed by atoms with Crippen LogP contribution in [0.3, 0.4) is 0 Å². The number of aliphatic hydroxyl groups is 1. The molecule has 1 aromatic rings. The molecule has 7 heteroatoms. The average Bonchev–Trinajstić information content (AvgIpc) is 3.04. The number of aliphatic hydroxyl groups excluding tert-OH is 1. The molecule has 0 aliphatic carbocycles. The van der Waals surface area contributed by atoms with Crippen LogP contribution in [0.1, 0.15) is 31.2 Å². The maximum atomic E-state index is 12.3. The van der Waals surface area contributed by atoms with Crippen LogP contribution in [0.4, 0.5) is 4.79 Å². The molecular formula is C21H32N4O3. The first-order valence-electron chi connectivity index (χ1n) is 10.3. The third-order valence-electron chi connectivity index (χ3n) is 5.94. The number of nitrogens with zero attached hydrogens (tertiary/aromatic N) is 2. The maximum Gasteiger partial charge on any atom is 0.317 e. The van der Waals surface area contributed by atoms with E-state index in [2.05, 4.69) is 34.5 Å². The van der Waals surface area contributed by atoms with Crippen LogP contribution in [0.25, 0.3) is 0 Å². The minimum atomic E-state index is -0.674. The monoisotopic (exact) mass is 388 g/mol. The van der Waals surface area contributed by atoms with Gasteiger partial charge in [-0.15, -0.1) is 0 Å². The molecule has 0 unspecified atom stereocenters. The van der Waals surface area contributed by atoms with Gasteiger partial charge in [0.05, 0.1) is 6.10 Å². The lowest BCUT2D eigenvalue weighted by Crippen LogP contribution is -2.40. The van der Waals surface area contributed by atoms with Gasteiger partial charge in [0, 0.05) is 38.5 Å². The zero-order valence-corrected chi connectivity index (χ0v) is 16.4. The van der Waals surface area contributed by atoms with E-state index in [1.165, 1.54) is 5.56 Å². The second-order valence-electron chi connectivity index (χ2n) is 8.13. The number of benzene rings is 1. The fourth-order valence-corrected chi connectivity index (χ4v) is 4.25. The normalized spacial score (nSPS) is 23.7. The van der Waals surface area contributed by atoms with E-state index in [9.17, 15) is 14.7 Å². The van der Waals surface area contributed by atoms with Gasteiger partial charge in [0.2, 0.25) is 5.91 Å². The number of primary amides is 1. The molecule has 4 N–H and O–H groups in total. The molecule has 2 saturated heterocycles. The van der Waals surface area contributed by atoms with Gasteiger partial charge in [-0.25, -0.2) is 4.79 Å². The number of urea groups is 1. The molecule has 0 saturated carbocycles. The highest BCUT2D eigenvalue weighted by Gasteiger charge is 2.34. The van der Waals surface area contributed by atoms with Crippen LogP contribution < -0.4 is 11.1 Å². The molecule has 7 nitrogen and oxygen atoms in total. The lowest BCUT2D eigenvalue weighted by Gasteiger charge is -2.32. The highest BCUT2D eigenvalue weighted by Crippen LogP contribution is 2.22. The second-order valence-corrected chi connectivity index (χ2v) is 8.13. The number of piperidine rings is 1. The van der Waals surface area contributed by atoms with Crippen molar-refractivity contribution in [3.8, 4) is 0 Å². The first-order chi connectivity index (χ1) is 13.5. The highest BCUT2D eigenvalue weighted by molar-refractivity contribution is 5.76. The van der Waals surface area contributed by atoms with E-state index < -0.39 is 12.0 Å². The topological polar surface area (TPSA) is 98.9 Å². The molecule has 28 heavy (non-hydrogen) atoms. The molecule has 2 fully saturated rings. The lowest BCUT2D eigenvalue weighted by molar-refractivity contribution is -0.119. The van der Waals surface area contributed by atoms with E-state index in [1.54, 1.807) is 4.90 Å².